The molecular formula is C21H23NO4. The number of nitrogens with one attached hydrogen (secondary N) is 1. The van der Waals surface area contributed by atoms with Gasteiger partial charge >= 0.3 is 5.97 Å². The van der Waals surface area contributed by atoms with Crippen LogP contribution in [-0.4, -0.2) is 24.6 Å². The summed E-state index contributed by atoms with van der Waals surface area (Å²) in [4.78, 5) is 24.9. The van der Waals surface area contributed by atoms with Gasteiger partial charge in [0.15, 0.2) is 0 Å². The average molecular weight is 353 g/mol. The van der Waals surface area contributed by atoms with Gasteiger partial charge in [-0.05, 0) is 45.0 Å². The van der Waals surface area contributed by atoms with Gasteiger partial charge in [0.2, 0.25) is 0 Å². The molecule has 0 saturated heterocycles. The van der Waals surface area contributed by atoms with Crippen molar-refractivity contribution < 1.29 is 19.1 Å². The molecule has 0 aliphatic heterocycles. The second-order valence-corrected chi connectivity index (χ2v) is 5.80. The maximum Gasteiger partial charge on any atom is 0.355 e. The van der Waals surface area contributed by atoms with Crippen LogP contribution in [0.3, 0.4) is 0 Å². The normalized spacial score (nSPS) is 11.2. The molecule has 0 bridgehead atoms. The van der Waals surface area contributed by atoms with Crippen LogP contribution in [-0.2, 0) is 9.53 Å². The zero-order valence-electron chi connectivity index (χ0n) is 15.2. The molecule has 0 atom stereocenters. The quantitative estimate of drug-likeness (QED) is 0.607. The number of ether oxygens (including phenoxy) is 2. The molecule has 0 saturated carbocycles. The predicted molar refractivity (Wildman–Crippen MR) is 101 cm³/mol. The first-order chi connectivity index (χ1) is 12.5. The number of para-hydroxylation sites is 1. The average Bonchev–Trinajstić information content (AvgIpc) is 2.63. The summed E-state index contributed by atoms with van der Waals surface area (Å²) >= 11 is 0. The molecule has 2 aromatic carbocycles. The Hall–Kier alpha value is -3.08. The minimum Gasteiger partial charge on any atom is -0.493 e. The Morgan fingerprint density at radius 1 is 1.04 bits per heavy atom. The summed E-state index contributed by atoms with van der Waals surface area (Å²) in [5.74, 6) is -0.360. The van der Waals surface area contributed by atoms with Crippen LogP contribution in [0, 0.1) is 0 Å². The Balaban J connectivity index is 2.35. The van der Waals surface area contributed by atoms with E-state index in [1.165, 1.54) is 0 Å². The Bertz CT molecular complexity index is 782. The molecule has 26 heavy (non-hydrogen) atoms. The van der Waals surface area contributed by atoms with Gasteiger partial charge in [-0.1, -0.05) is 36.4 Å². The number of benzene rings is 2. The van der Waals surface area contributed by atoms with E-state index in [1.54, 1.807) is 50.3 Å². The lowest BCUT2D eigenvalue weighted by Gasteiger charge is -2.13. The van der Waals surface area contributed by atoms with E-state index in [9.17, 15) is 9.59 Å². The number of carbonyl (C=O) groups excluding carboxylic acids is 2. The van der Waals surface area contributed by atoms with Crippen molar-refractivity contribution in [3.05, 3.63) is 71.4 Å². The molecular weight excluding hydrogens is 330 g/mol. The van der Waals surface area contributed by atoms with E-state index in [2.05, 4.69) is 5.32 Å². The lowest BCUT2D eigenvalue weighted by atomic mass is 10.1. The van der Waals surface area contributed by atoms with Gasteiger partial charge in [0.25, 0.3) is 5.91 Å². The van der Waals surface area contributed by atoms with Crippen LogP contribution in [0.5, 0.6) is 5.75 Å². The van der Waals surface area contributed by atoms with Gasteiger partial charge in [-0.15, -0.1) is 0 Å². The molecule has 1 amide bonds. The first-order valence-electron chi connectivity index (χ1n) is 8.52. The molecule has 0 aliphatic rings. The smallest absolute Gasteiger partial charge is 0.355 e. The highest BCUT2D eigenvalue weighted by Gasteiger charge is 2.17. The van der Waals surface area contributed by atoms with Crippen molar-refractivity contribution >= 4 is 18.0 Å². The Labute approximate surface area is 153 Å². The molecule has 2 rings (SSSR count). The minimum absolute atomic E-state index is 0.0553. The highest BCUT2D eigenvalue weighted by molar-refractivity contribution is 6.03. The largest absolute Gasteiger partial charge is 0.493 e. The third-order valence-electron chi connectivity index (χ3n) is 3.37. The monoisotopic (exact) mass is 353 g/mol. The van der Waals surface area contributed by atoms with E-state index in [0.717, 1.165) is 0 Å². The lowest BCUT2D eigenvalue weighted by Crippen LogP contribution is -2.29. The molecule has 5 nitrogen and oxygen atoms in total. The van der Waals surface area contributed by atoms with Gasteiger partial charge in [0, 0.05) is 11.1 Å². The topological polar surface area (TPSA) is 64.6 Å². The fourth-order valence-electron chi connectivity index (χ4n) is 2.25. The number of hydrogen-bond donors (Lipinski definition) is 1. The number of amides is 1. The van der Waals surface area contributed by atoms with Gasteiger partial charge in [-0.2, -0.15) is 0 Å². The highest BCUT2D eigenvalue weighted by Crippen LogP contribution is 2.21. The maximum absolute atomic E-state index is 12.5. The summed E-state index contributed by atoms with van der Waals surface area (Å²) in [6.07, 6.45) is 1.26. The Kier molecular flexibility index (Phi) is 6.97. The number of hydrogen-bond acceptors (Lipinski definition) is 4. The summed E-state index contributed by atoms with van der Waals surface area (Å²) in [7, 11) is 0. The molecule has 0 fully saturated rings. The molecule has 0 unspecified atom stereocenters. The molecule has 0 radical (unpaired) electrons. The summed E-state index contributed by atoms with van der Waals surface area (Å²) in [5, 5.41) is 2.65. The second-order valence-electron chi connectivity index (χ2n) is 5.80. The van der Waals surface area contributed by atoms with Crippen LogP contribution < -0.4 is 10.1 Å². The SMILES string of the molecule is CCOc1ccccc1C=C(NC(=O)c1ccccc1)C(=O)OC(C)C. The van der Waals surface area contributed by atoms with E-state index in [-0.39, 0.29) is 17.7 Å². The van der Waals surface area contributed by atoms with Crippen LogP contribution in [0.4, 0.5) is 0 Å². The molecule has 0 spiro atoms. The summed E-state index contributed by atoms with van der Waals surface area (Å²) in [5.41, 5.74) is 1.19. The molecule has 1 N–H and O–H groups in total. The van der Waals surface area contributed by atoms with Crippen LogP contribution in [0.25, 0.3) is 6.08 Å². The number of carbonyl (C=O) groups is 2. The van der Waals surface area contributed by atoms with E-state index in [0.29, 0.717) is 23.5 Å². The molecule has 0 aromatic heterocycles. The minimum atomic E-state index is -0.601. The van der Waals surface area contributed by atoms with Crippen molar-refractivity contribution in [2.75, 3.05) is 6.61 Å². The molecule has 5 heteroatoms. The lowest BCUT2D eigenvalue weighted by molar-refractivity contribution is -0.142. The van der Waals surface area contributed by atoms with E-state index in [4.69, 9.17) is 9.47 Å². The first-order valence-corrected chi connectivity index (χ1v) is 8.52. The standard InChI is InChI=1S/C21H23NO4/c1-4-25-19-13-9-8-12-17(19)14-18(21(24)26-15(2)3)22-20(23)16-10-6-5-7-11-16/h5-15H,4H2,1-3H3,(H,22,23). The van der Waals surface area contributed by atoms with E-state index < -0.39 is 5.97 Å². The third-order valence-corrected chi connectivity index (χ3v) is 3.37. The maximum atomic E-state index is 12.5. The van der Waals surface area contributed by atoms with Gasteiger partial charge in [-0.3, -0.25) is 4.79 Å². The first kappa shape index (κ1) is 19.2. The van der Waals surface area contributed by atoms with Crippen molar-refractivity contribution in [1.29, 1.82) is 0 Å². The van der Waals surface area contributed by atoms with Crippen molar-refractivity contribution in [3.8, 4) is 5.75 Å². The molecule has 2 aromatic rings. The Morgan fingerprint density at radius 2 is 1.69 bits per heavy atom. The third kappa shape index (κ3) is 5.48. The summed E-state index contributed by atoms with van der Waals surface area (Å²) in [6, 6.07) is 16.0. The molecule has 136 valence electrons. The van der Waals surface area contributed by atoms with Crippen LogP contribution in [0.15, 0.2) is 60.3 Å². The molecule has 0 heterocycles. The van der Waals surface area contributed by atoms with E-state index >= 15 is 0 Å². The van der Waals surface area contributed by atoms with Crippen molar-refractivity contribution in [2.24, 2.45) is 0 Å². The predicted octanol–water partition coefficient (Wildman–Crippen LogP) is 3.81. The highest BCUT2D eigenvalue weighted by atomic mass is 16.5. The Morgan fingerprint density at radius 3 is 2.35 bits per heavy atom. The van der Waals surface area contributed by atoms with Crippen molar-refractivity contribution in [3.63, 3.8) is 0 Å². The number of esters is 1. The van der Waals surface area contributed by atoms with Crippen LogP contribution >= 0.6 is 0 Å². The van der Waals surface area contributed by atoms with Crippen molar-refractivity contribution in [2.45, 2.75) is 26.9 Å². The van der Waals surface area contributed by atoms with Gasteiger partial charge in [0.05, 0.1) is 12.7 Å². The van der Waals surface area contributed by atoms with Crippen LogP contribution in [0.2, 0.25) is 0 Å². The zero-order valence-corrected chi connectivity index (χ0v) is 15.2. The summed E-state index contributed by atoms with van der Waals surface area (Å²) in [6.45, 7) is 5.88. The van der Waals surface area contributed by atoms with Gasteiger partial charge in [0.1, 0.15) is 11.4 Å². The van der Waals surface area contributed by atoms with Gasteiger partial charge in [-0.25, -0.2) is 4.79 Å². The molecule has 0 aliphatic carbocycles. The zero-order chi connectivity index (χ0) is 18.9. The second kappa shape index (κ2) is 9.42. The van der Waals surface area contributed by atoms with Gasteiger partial charge < -0.3 is 14.8 Å². The fraction of sp³-hybridized carbons (Fsp3) is 0.238. The van der Waals surface area contributed by atoms with E-state index in [1.807, 2.05) is 31.2 Å². The summed E-state index contributed by atoms with van der Waals surface area (Å²) < 4.78 is 10.8. The van der Waals surface area contributed by atoms with Crippen LogP contribution in [0.1, 0.15) is 36.7 Å². The van der Waals surface area contributed by atoms with Crippen molar-refractivity contribution in [1.82, 2.24) is 5.32 Å². The fourth-order valence-corrected chi connectivity index (χ4v) is 2.25. The number of rotatable bonds is 7.